The minimum atomic E-state index is -0.495. The highest BCUT2D eigenvalue weighted by atomic mass is 16.3. The standard InChI is InChI=1S/C14H18N2O/c1-10(2)16-9-14(17)12-5-3-7-13-11(12)6-4-8-15-13/h3-8,10,14,16-17H,9H2,1-2H3. The summed E-state index contributed by atoms with van der Waals surface area (Å²) >= 11 is 0. The summed E-state index contributed by atoms with van der Waals surface area (Å²) in [7, 11) is 0. The molecule has 3 heteroatoms. The molecule has 1 atom stereocenters. The molecule has 17 heavy (non-hydrogen) atoms. The van der Waals surface area contributed by atoms with E-state index in [1.807, 2.05) is 30.3 Å². The van der Waals surface area contributed by atoms with Gasteiger partial charge in [0, 0.05) is 24.2 Å². The Morgan fingerprint density at radius 2 is 2.06 bits per heavy atom. The van der Waals surface area contributed by atoms with Crippen LogP contribution < -0.4 is 5.32 Å². The lowest BCUT2D eigenvalue weighted by molar-refractivity contribution is 0.173. The molecule has 1 unspecified atom stereocenters. The number of aliphatic hydroxyl groups excluding tert-OH is 1. The molecule has 0 fully saturated rings. The van der Waals surface area contributed by atoms with Gasteiger partial charge >= 0.3 is 0 Å². The van der Waals surface area contributed by atoms with Crippen LogP contribution in [0.5, 0.6) is 0 Å². The van der Waals surface area contributed by atoms with Crippen LogP contribution in [0.4, 0.5) is 0 Å². The number of aliphatic hydroxyl groups is 1. The van der Waals surface area contributed by atoms with E-state index in [1.165, 1.54) is 0 Å². The van der Waals surface area contributed by atoms with Crippen molar-refractivity contribution >= 4 is 10.9 Å². The third-order valence-electron chi connectivity index (χ3n) is 2.76. The Bertz CT molecular complexity index is 491. The fourth-order valence-electron chi connectivity index (χ4n) is 1.88. The summed E-state index contributed by atoms with van der Waals surface area (Å²) in [5.74, 6) is 0. The molecule has 0 aliphatic carbocycles. The Kier molecular flexibility index (Phi) is 3.71. The van der Waals surface area contributed by atoms with Gasteiger partial charge in [0.25, 0.3) is 0 Å². The van der Waals surface area contributed by atoms with Crippen molar-refractivity contribution < 1.29 is 5.11 Å². The molecule has 0 aliphatic heterocycles. The van der Waals surface area contributed by atoms with E-state index in [0.717, 1.165) is 16.5 Å². The lowest BCUT2D eigenvalue weighted by Crippen LogP contribution is -2.27. The van der Waals surface area contributed by atoms with Crippen molar-refractivity contribution in [1.82, 2.24) is 10.3 Å². The number of benzene rings is 1. The van der Waals surface area contributed by atoms with E-state index in [1.54, 1.807) is 6.20 Å². The van der Waals surface area contributed by atoms with E-state index in [-0.39, 0.29) is 0 Å². The highest BCUT2D eigenvalue weighted by Gasteiger charge is 2.11. The maximum absolute atomic E-state index is 10.2. The van der Waals surface area contributed by atoms with Crippen LogP contribution in [0.1, 0.15) is 25.5 Å². The number of nitrogens with one attached hydrogen (secondary N) is 1. The molecular weight excluding hydrogens is 212 g/mol. The maximum atomic E-state index is 10.2. The quantitative estimate of drug-likeness (QED) is 0.847. The van der Waals surface area contributed by atoms with Crippen LogP contribution in [0.2, 0.25) is 0 Å². The van der Waals surface area contributed by atoms with Gasteiger partial charge in [-0.15, -0.1) is 0 Å². The van der Waals surface area contributed by atoms with Crippen LogP contribution in [0.3, 0.4) is 0 Å². The van der Waals surface area contributed by atoms with Crippen molar-refractivity contribution in [2.45, 2.75) is 26.0 Å². The second-order valence-corrected chi connectivity index (χ2v) is 4.50. The minimum Gasteiger partial charge on any atom is -0.387 e. The van der Waals surface area contributed by atoms with E-state index >= 15 is 0 Å². The first-order valence-electron chi connectivity index (χ1n) is 5.93. The molecule has 0 aliphatic rings. The summed E-state index contributed by atoms with van der Waals surface area (Å²) in [6, 6.07) is 10.1. The number of hydrogen-bond acceptors (Lipinski definition) is 3. The largest absolute Gasteiger partial charge is 0.387 e. The molecule has 3 nitrogen and oxygen atoms in total. The van der Waals surface area contributed by atoms with Crippen molar-refractivity contribution in [2.24, 2.45) is 0 Å². The first-order valence-corrected chi connectivity index (χ1v) is 5.93. The van der Waals surface area contributed by atoms with E-state index in [2.05, 4.69) is 24.1 Å². The van der Waals surface area contributed by atoms with Crippen LogP contribution >= 0.6 is 0 Å². The molecule has 0 bridgehead atoms. The molecule has 0 amide bonds. The Hall–Kier alpha value is -1.45. The van der Waals surface area contributed by atoms with Crippen molar-refractivity contribution in [3.63, 3.8) is 0 Å². The van der Waals surface area contributed by atoms with Gasteiger partial charge in [0.15, 0.2) is 0 Å². The topological polar surface area (TPSA) is 45.1 Å². The Labute approximate surface area is 102 Å². The molecular formula is C14H18N2O. The summed E-state index contributed by atoms with van der Waals surface area (Å²) in [5.41, 5.74) is 1.86. The van der Waals surface area contributed by atoms with E-state index in [4.69, 9.17) is 0 Å². The average Bonchev–Trinajstić information content (AvgIpc) is 2.35. The highest BCUT2D eigenvalue weighted by molar-refractivity contribution is 5.82. The molecule has 1 heterocycles. The molecule has 0 saturated heterocycles. The molecule has 2 rings (SSSR count). The zero-order valence-corrected chi connectivity index (χ0v) is 10.2. The normalized spacial score (nSPS) is 13.2. The molecule has 1 aromatic carbocycles. The summed E-state index contributed by atoms with van der Waals surface area (Å²) in [4.78, 5) is 4.29. The van der Waals surface area contributed by atoms with Crippen LogP contribution in [-0.2, 0) is 0 Å². The van der Waals surface area contributed by atoms with Crippen LogP contribution in [-0.4, -0.2) is 22.7 Å². The summed E-state index contributed by atoms with van der Waals surface area (Å²) < 4.78 is 0. The number of pyridine rings is 1. The second kappa shape index (κ2) is 5.25. The van der Waals surface area contributed by atoms with Crippen molar-refractivity contribution in [1.29, 1.82) is 0 Å². The number of aromatic nitrogens is 1. The summed E-state index contributed by atoms with van der Waals surface area (Å²) in [6.45, 7) is 4.69. The molecule has 0 saturated carbocycles. The van der Waals surface area contributed by atoms with E-state index in [9.17, 15) is 5.11 Å². The van der Waals surface area contributed by atoms with Crippen molar-refractivity contribution in [3.8, 4) is 0 Å². The lowest BCUT2D eigenvalue weighted by atomic mass is 10.0. The van der Waals surface area contributed by atoms with Crippen molar-refractivity contribution in [3.05, 3.63) is 42.1 Å². The Morgan fingerprint density at radius 3 is 2.82 bits per heavy atom. The molecule has 0 spiro atoms. The molecule has 2 N–H and O–H groups in total. The Morgan fingerprint density at radius 1 is 1.24 bits per heavy atom. The maximum Gasteiger partial charge on any atom is 0.0921 e. The Balaban J connectivity index is 2.28. The van der Waals surface area contributed by atoms with E-state index < -0.39 is 6.10 Å². The number of hydrogen-bond donors (Lipinski definition) is 2. The smallest absolute Gasteiger partial charge is 0.0921 e. The van der Waals surface area contributed by atoms with Gasteiger partial charge in [-0.2, -0.15) is 0 Å². The van der Waals surface area contributed by atoms with Crippen LogP contribution in [0.25, 0.3) is 10.9 Å². The molecule has 90 valence electrons. The van der Waals surface area contributed by atoms with Crippen LogP contribution in [0, 0.1) is 0 Å². The predicted octanol–water partition coefficient (Wildman–Crippen LogP) is 2.27. The zero-order chi connectivity index (χ0) is 12.3. The van der Waals surface area contributed by atoms with Gasteiger partial charge in [-0.05, 0) is 17.7 Å². The number of nitrogens with zero attached hydrogens (tertiary/aromatic N) is 1. The third-order valence-corrected chi connectivity index (χ3v) is 2.76. The first-order chi connectivity index (χ1) is 8.18. The molecule has 1 aromatic heterocycles. The van der Waals surface area contributed by atoms with Gasteiger partial charge in [0.05, 0.1) is 11.6 Å². The van der Waals surface area contributed by atoms with Gasteiger partial charge in [-0.25, -0.2) is 0 Å². The third kappa shape index (κ3) is 2.81. The summed E-state index contributed by atoms with van der Waals surface area (Å²) in [6.07, 6.45) is 1.27. The van der Waals surface area contributed by atoms with Gasteiger partial charge < -0.3 is 10.4 Å². The SMILES string of the molecule is CC(C)NCC(O)c1cccc2ncccc12. The van der Waals surface area contributed by atoms with Crippen LogP contribution in [0.15, 0.2) is 36.5 Å². The van der Waals surface area contributed by atoms with E-state index in [0.29, 0.717) is 12.6 Å². The monoisotopic (exact) mass is 230 g/mol. The second-order valence-electron chi connectivity index (χ2n) is 4.50. The van der Waals surface area contributed by atoms with Gasteiger partial charge in [0.2, 0.25) is 0 Å². The molecule has 2 aromatic rings. The zero-order valence-electron chi connectivity index (χ0n) is 10.2. The summed E-state index contributed by atoms with van der Waals surface area (Å²) in [5, 5.41) is 14.4. The lowest BCUT2D eigenvalue weighted by Gasteiger charge is -2.16. The predicted molar refractivity (Wildman–Crippen MR) is 69.8 cm³/mol. The highest BCUT2D eigenvalue weighted by Crippen LogP contribution is 2.22. The van der Waals surface area contributed by atoms with Gasteiger partial charge in [0.1, 0.15) is 0 Å². The van der Waals surface area contributed by atoms with Gasteiger partial charge in [-0.1, -0.05) is 32.0 Å². The fourth-order valence-corrected chi connectivity index (χ4v) is 1.88. The number of rotatable bonds is 4. The van der Waals surface area contributed by atoms with Crippen molar-refractivity contribution in [2.75, 3.05) is 6.54 Å². The van der Waals surface area contributed by atoms with Gasteiger partial charge in [-0.3, -0.25) is 4.98 Å². The minimum absolute atomic E-state index is 0.373. The first kappa shape index (κ1) is 12.0. The fraction of sp³-hybridized carbons (Fsp3) is 0.357. The molecule has 0 radical (unpaired) electrons. The average molecular weight is 230 g/mol. The number of fused-ring (bicyclic) bond motifs is 1.